The van der Waals surface area contributed by atoms with E-state index in [2.05, 4.69) is 17.2 Å². The Morgan fingerprint density at radius 3 is 2.42 bits per heavy atom. The van der Waals surface area contributed by atoms with Gasteiger partial charge < -0.3 is 24.0 Å². The summed E-state index contributed by atoms with van der Waals surface area (Å²) < 4.78 is 17.2. The van der Waals surface area contributed by atoms with Crippen molar-refractivity contribution in [1.82, 2.24) is 9.88 Å². The predicted octanol–water partition coefficient (Wildman–Crippen LogP) is 5.71. The van der Waals surface area contributed by atoms with Crippen LogP contribution in [0.25, 0.3) is 11.3 Å². The van der Waals surface area contributed by atoms with Crippen LogP contribution in [-0.2, 0) is 15.9 Å². The molecule has 206 valence electrons. The van der Waals surface area contributed by atoms with Gasteiger partial charge in [-0.15, -0.1) is 11.3 Å². The summed E-state index contributed by atoms with van der Waals surface area (Å²) >= 11 is 1.60. The maximum atomic E-state index is 12.6. The molecule has 2 fully saturated rings. The Hall–Kier alpha value is -3.01. The molecule has 0 bridgehead atoms. The molecule has 1 atom stereocenters. The summed E-state index contributed by atoms with van der Waals surface area (Å²) in [6.07, 6.45) is 4.54. The minimum Gasteiger partial charge on any atom is -0.489 e. The number of amides is 2. The molecule has 0 N–H and O–H groups in total. The molecule has 0 spiro atoms. The Balaban J connectivity index is 1.38. The lowest BCUT2D eigenvalue weighted by molar-refractivity contribution is 0.0240. The van der Waals surface area contributed by atoms with Crippen LogP contribution in [0.2, 0.25) is 0 Å². The van der Waals surface area contributed by atoms with Crippen LogP contribution >= 0.6 is 11.3 Å². The maximum Gasteiger partial charge on any atom is 0.414 e. The fourth-order valence-corrected chi connectivity index (χ4v) is 5.99. The number of piperazine rings is 1. The Labute approximate surface area is 228 Å². The molecule has 10 heteroatoms. The van der Waals surface area contributed by atoms with Crippen LogP contribution in [0.3, 0.4) is 0 Å². The van der Waals surface area contributed by atoms with Crippen molar-refractivity contribution in [2.24, 2.45) is 0 Å². The highest BCUT2D eigenvalue weighted by Crippen LogP contribution is 2.45. The molecule has 1 saturated carbocycles. The van der Waals surface area contributed by atoms with Crippen molar-refractivity contribution in [2.45, 2.75) is 77.5 Å². The van der Waals surface area contributed by atoms with Gasteiger partial charge in [0.25, 0.3) is 0 Å². The number of aromatic nitrogens is 1. The first-order valence-electron chi connectivity index (χ1n) is 13.5. The molecule has 9 nitrogen and oxygen atoms in total. The van der Waals surface area contributed by atoms with Crippen LogP contribution in [0.1, 0.15) is 58.9 Å². The van der Waals surface area contributed by atoms with Gasteiger partial charge in [-0.05, 0) is 71.9 Å². The molecule has 1 saturated heterocycles. The van der Waals surface area contributed by atoms with Gasteiger partial charge in [0.15, 0.2) is 5.13 Å². The molecule has 1 aromatic heterocycles. The van der Waals surface area contributed by atoms with Gasteiger partial charge >= 0.3 is 12.2 Å². The summed E-state index contributed by atoms with van der Waals surface area (Å²) in [5.41, 5.74) is 3.25. The van der Waals surface area contributed by atoms with E-state index in [-0.39, 0.29) is 24.3 Å². The van der Waals surface area contributed by atoms with E-state index in [0.29, 0.717) is 26.2 Å². The third-order valence-corrected chi connectivity index (χ3v) is 8.33. The second-order valence-electron chi connectivity index (χ2n) is 11.3. The standard InChI is InChI=1S/C28H38N4O5S/c1-18-9-10-21-23(32(18)27(34)35-5)12-11-20(24(21)36-19-7-6-8-19)22-17-38-25(29-22)30-13-15-31(16-14-30)26(33)37-28(2,3)4/h11-12,17-19H,6-10,13-16H2,1-5H3/t18-/m0/s1. The fraction of sp³-hybridized carbons (Fsp3) is 0.607. The van der Waals surface area contributed by atoms with Crippen LogP contribution in [0.15, 0.2) is 17.5 Å². The predicted molar refractivity (Wildman–Crippen MR) is 149 cm³/mol. The molecule has 5 rings (SSSR count). The molecule has 0 radical (unpaired) electrons. The van der Waals surface area contributed by atoms with Crippen LogP contribution in [0, 0.1) is 0 Å². The SMILES string of the molecule is COC(=O)N1c2ccc(-c3csc(N4CCN(C(=O)OC(C)(C)C)CC4)n3)c(OC3CCC3)c2CC[C@@H]1C. The number of carbonyl (C=O) groups is 2. The number of methoxy groups -OCH3 is 1. The van der Waals surface area contributed by atoms with E-state index in [4.69, 9.17) is 19.2 Å². The van der Waals surface area contributed by atoms with E-state index in [0.717, 1.165) is 59.1 Å². The van der Waals surface area contributed by atoms with Crippen molar-refractivity contribution < 1.29 is 23.8 Å². The highest BCUT2D eigenvalue weighted by atomic mass is 32.1. The largest absolute Gasteiger partial charge is 0.489 e. The van der Waals surface area contributed by atoms with Gasteiger partial charge in [0.05, 0.1) is 24.6 Å². The quantitative estimate of drug-likeness (QED) is 0.490. The first kappa shape index (κ1) is 26.6. The molecule has 3 aliphatic rings. The molecular formula is C28H38N4O5S. The lowest BCUT2D eigenvalue weighted by Gasteiger charge is -2.37. The average molecular weight is 543 g/mol. The molecule has 2 aromatic rings. The summed E-state index contributed by atoms with van der Waals surface area (Å²) in [5.74, 6) is 0.847. The summed E-state index contributed by atoms with van der Waals surface area (Å²) in [7, 11) is 1.42. The van der Waals surface area contributed by atoms with Gasteiger partial charge in [-0.25, -0.2) is 14.6 Å². The second kappa shape index (κ2) is 10.6. The van der Waals surface area contributed by atoms with E-state index in [1.807, 2.05) is 32.9 Å². The number of ether oxygens (including phenoxy) is 3. The van der Waals surface area contributed by atoms with Crippen molar-refractivity contribution in [3.05, 3.63) is 23.1 Å². The highest BCUT2D eigenvalue weighted by Gasteiger charge is 2.34. The van der Waals surface area contributed by atoms with Gasteiger partial charge in [-0.2, -0.15) is 0 Å². The van der Waals surface area contributed by atoms with E-state index >= 15 is 0 Å². The van der Waals surface area contributed by atoms with Gasteiger partial charge in [-0.3, -0.25) is 4.90 Å². The number of nitrogens with zero attached hydrogens (tertiary/aromatic N) is 4. The zero-order valence-electron chi connectivity index (χ0n) is 23.0. The molecule has 2 amide bonds. The topological polar surface area (TPSA) is 84.4 Å². The van der Waals surface area contributed by atoms with Crippen molar-refractivity contribution in [3.63, 3.8) is 0 Å². The fourth-order valence-electron chi connectivity index (χ4n) is 5.11. The number of thiazole rings is 1. The van der Waals surface area contributed by atoms with E-state index in [9.17, 15) is 9.59 Å². The number of hydrogen-bond acceptors (Lipinski definition) is 8. The molecule has 1 aromatic carbocycles. The first-order valence-corrected chi connectivity index (χ1v) is 14.4. The highest BCUT2D eigenvalue weighted by molar-refractivity contribution is 7.14. The third-order valence-electron chi connectivity index (χ3n) is 7.43. The number of rotatable bonds is 4. The first-order chi connectivity index (χ1) is 18.1. The van der Waals surface area contributed by atoms with Crippen LogP contribution in [-0.4, -0.2) is 73.1 Å². The zero-order chi connectivity index (χ0) is 27.0. The summed E-state index contributed by atoms with van der Waals surface area (Å²) in [5, 5.41) is 3.01. The van der Waals surface area contributed by atoms with Crippen molar-refractivity contribution in [2.75, 3.05) is 43.1 Å². The summed E-state index contributed by atoms with van der Waals surface area (Å²) in [4.78, 5) is 35.8. The lowest BCUT2D eigenvalue weighted by Crippen LogP contribution is -2.50. The number of benzene rings is 1. The number of anilines is 2. The molecule has 2 aliphatic heterocycles. The summed E-state index contributed by atoms with van der Waals surface area (Å²) in [6.45, 7) is 10.3. The molecule has 1 aliphatic carbocycles. The van der Waals surface area contributed by atoms with Gasteiger partial charge in [-0.1, -0.05) is 0 Å². The van der Waals surface area contributed by atoms with Crippen LogP contribution < -0.4 is 14.5 Å². The Kier molecular flexibility index (Phi) is 7.44. The Morgan fingerprint density at radius 1 is 1.05 bits per heavy atom. The minimum atomic E-state index is -0.502. The summed E-state index contributed by atoms with van der Waals surface area (Å²) in [6, 6.07) is 4.09. The molecule has 38 heavy (non-hydrogen) atoms. The molecular weight excluding hydrogens is 504 g/mol. The van der Waals surface area contributed by atoms with E-state index in [1.165, 1.54) is 13.5 Å². The molecule has 0 unspecified atom stereocenters. The van der Waals surface area contributed by atoms with Gasteiger partial charge in [0, 0.05) is 48.7 Å². The normalized spacial score (nSPS) is 20.0. The smallest absolute Gasteiger partial charge is 0.414 e. The van der Waals surface area contributed by atoms with Gasteiger partial charge in [0.1, 0.15) is 11.4 Å². The zero-order valence-corrected chi connectivity index (χ0v) is 23.8. The van der Waals surface area contributed by atoms with Crippen molar-refractivity contribution in [3.8, 4) is 17.0 Å². The monoisotopic (exact) mass is 542 g/mol. The second-order valence-corrected chi connectivity index (χ2v) is 12.1. The van der Waals surface area contributed by atoms with Crippen LogP contribution in [0.4, 0.5) is 20.4 Å². The minimum absolute atomic E-state index is 0.0579. The van der Waals surface area contributed by atoms with E-state index < -0.39 is 5.60 Å². The molecule has 3 heterocycles. The average Bonchev–Trinajstić information content (AvgIpc) is 3.34. The number of carbonyl (C=O) groups excluding carboxylic acids is 2. The third kappa shape index (κ3) is 5.41. The van der Waals surface area contributed by atoms with Gasteiger partial charge in [0.2, 0.25) is 0 Å². The Morgan fingerprint density at radius 2 is 1.79 bits per heavy atom. The van der Waals surface area contributed by atoms with Crippen molar-refractivity contribution in [1.29, 1.82) is 0 Å². The lowest BCUT2D eigenvalue weighted by atomic mass is 9.92. The Bertz CT molecular complexity index is 1180. The van der Waals surface area contributed by atoms with E-state index in [1.54, 1.807) is 21.1 Å². The number of fused-ring (bicyclic) bond motifs is 1. The maximum absolute atomic E-state index is 12.6. The van der Waals surface area contributed by atoms with Crippen molar-refractivity contribution >= 4 is 34.3 Å². The van der Waals surface area contributed by atoms with Crippen LogP contribution in [0.5, 0.6) is 5.75 Å². The number of hydrogen-bond donors (Lipinski definition) is 0.